The Morgan fingerprint density at radius 3 is 2.39 bits per heavy atom. The zero-order chi connectivity index (χ0) is 16.8. The highest BCUT2D eigenvalue weighted by Crippen LogP contribution is 2.18. The highest BCUT2D eigenvalue weighted by molar-refractivity contribution is 5.90. The van der Waals surface area contributed by atoms with E-state index >= 15 is 0 Å². The average Bonchev–Trinajstić information content (AvgIpc) is 2.56. The number of nitrogens with zero attached hydrogens (tertiary/aromatic N) is 2. The first-order chi connectivity index (χ1) is 11.0. The van der Waals surface area contributed by atoms with Gasteiger partial charge in [0.15, 0.2) is 0 Å². The molecule has 6 nitrogen and oxygen atoms in total. The summed E-state index contributed by atoms with van der Waals surface area (Å²) in [5.41, 5.74) is 3.64. The third kappa shape index (κ3) is 4.64. The number of carbonyl (C=O) groups excluding carboxylic acids is 2. The van der Waals surface area contributed by atoms with Crippen molar-refractivity contribution in [3.05, 3.63) is 41.5 Å². The van der Waals surface area contributed by atoms with Gasteiger partial charge in [0, 0.05) is 37.8 Å². The number of benzene rings is 1. The summed E-state index contributed by atoms with van der Waals surface area (Å²) in [7, 11) is 0. The van der Waals surface area contributed by atoms with Crippen LogP contribution in [0.15, 0.2) is 30.3 Å². The van der Waals surface area contributed by atoms with E-state index in [1.165, 1.54) is 11.6 Å². The third-order valence-electron chi connectivity index (χ3n) is 4.16. The summed E-state index contributed by atoms with van der Waals surface area (Å²) in [6, 6.07) is 8.57. The van der Waals surface area contributed by atoms with Crippen LogP contribution < -0.4 is 5.48 Å². The van der Waals surface area contributed by atoms with Gasteiger partial charge in [0.1, 0.15) is 0 Å². The van der Waals surface area contributed by atoms with E-state index in [9.17, 15) is 9.59 Å². The Balaban J connectivity index is 1.99. The molecule has 0 spiro atoms. The molecule has 1 aliphatic rings. The number of hydroxylamine groups is 1. The van der Waals surface area contributed by atoms with E-state index in [0.29, 0.717) is 12.1 Å². The molecule has 0 aliphatic carbocycles. The van der Waals surface area contributed by atoms with Crippen molar-refractivity contribution in [3.63, 3.8) is 0 Å². The Morgan fingerprint density at radius 2 is 1.87 bits per heavy atom. The van der Waals surface area contributed by atoms with Gasteiger partial charge in [0.05, 0.1) is 0 Å². The van der Waals surface area contributed by atoms with Crippen LogP contribution in [0, 0.1) is 0 Å². The number of amides is 2. The summed E-state index contributed by atoms with van der Waals surface area (Å²) >= 11 is 0. The van der Waals surface area contributed by atoms with Crippen LogP contribution >= 0.6 is 0 Å². The second kappa shape index (κ2) is 7.89. The summed E-state index contributed by atoms with van der Waals surface area (Å²) in [4.78, 5) is 26.1. The van der Waals surface area contributed by atoms with Crippen molar-refractivity contribution in [1.82, 2.24) is 15.3 Å². The molecule has 0 aromatic heterocycles. The minimum atomic E-state index is -0.551. The van der Waals surface area contributed by atoms with Gasteiger partial charge in [-0.15, -0.1) is 0 Å². The maximum Gasteiger partial charge on any atom is 0.267 e. The second-order valence-corrected chi connectivity index (χ2v) is 5.98. The van der Waals surface area contributed by atoms with Crippen LogP contribution in [-0.4, -0.2) is 52.5 Å². The lowest BCUT2D eigenvalue weighted by molar-refractivity contribution is -0.124. The highest BCUT2D eigenvalue weighted by Gasteiger charge is 2.28. The van der Waals surface area contributed by atoms with Crippen LogP contribution in [0.3, 0.4) is 0 Å². The molecule has 0 bridgehead atoms. The van der Waals surface area contributed by atoms with Crippen LogP contribution in [0.1, 0.15) is 25.0 Å². The molecule has 2 N–H and O–H groups in total. The fourth-order valence-electron chi connectivity index (χ4n) is 2.95. The van der Waals surface area contributed by atoms with Crippen molar-refractivity contribution in [1.29, 1.82) is 0 Å². The zero-order valence-electron chi connectivity index (χ0n) is 13.5. The SMILES string of the molecule is CC1CN(C=O)CC(C)N1Cc1ccc(/C=C/C(=O)NO)cc1. The number of rotatable bonds is 5. The predicted octanol–water partition coefficient (Wildman–Crippen LogP) is 1.26. The van der Waals surface area contributed by atoms with Gasteiger partial charge >= 0.3 is 0 Å². The summed E-state index contributed by atoms with van der Waals surface area (Å²) < 4.78 is 0. The van der Waals surface area contributed by atoms with Gasteiger partial charge in [0.2, 0.25) is 6.41 Å². The van der Waals surface area contributed by atoms with Gasteiger partial charge in [-0.2, -0.15) is 0 Å². The topological polar surface area (TPSA) is 72.9 Å². The Labute approximate surface area is 136 Å². The first-order valence-electron chi connectivity index (χ1n) is 7.69. The lowest BCUT2D eigenvalue weighted by Crippen LogP contribution is -2.55. The molecule has 124 valence electrons. The van der Waals surface area contributed by atoms with Crippen LogP contribution in [-0.2, 0) is 16.1 Å². The van der Waals surface area contributed by atoms with E-state index in [1.807, 2.05) is 29.2 Å². The van der Waals surface area contributed by atoms with Crippen molar-refractivity contribution in [2.45, 2.75) is 32.5 Å². The van der Waals surface area contributed by atoms with Crippen LogP contribution in [0.5, 0.6) is 0 Å². The molecule has 2 atom stereocenters. The quantitative estimate of drug-likeness (QED) is 0.371. The van der Waals surface area contributed by atoms with E-state index in [0.717, 1.165) is 31.6 Å². The minimum Gasteiger partial charge on any atom is -0.342 e. The van der Waals surface area contributed by atoms with Gasteiger partial charge in [-0.1, -0.05) is 24.3 Å². The molecule has 2 amide bonds. The first kappa shape index (κ1) is 17.2. The maximum absolute atomic E-state index is 11.0. The van der Waals surface area contributed by atoms with Gasteiger partial charge < -0.3 is 4.90 Å². The molecular formula is C17H23N3O3. The average molecular weight is 317 g/mol. The third-order valence-corrected chi connectivity index (χ3v) is 4.16. The van der Waals surface area contributed by atoms with Crippen molar-refractivity contribution < 1.29 is 14.8 Å². The molecule has 6 heteroatoms. The maximum atomic E-state index is 11.0. The van der Waals surface area contributed by atoms with E-state index in [-0.39, 0.29) is 0 Å². The molecule has 0 radical (unpaired) electrons. The van der Waals surface area contributed by atoms with Crippen molar-refractivity contribution in [2.24, 2.45) is 0 Å². The number of carbonyl (C=O) groups is 2. The molecule has 1 aromatic rings. The van der Waals surface area contributed by atoms with Gasteiger partial charge in [-0.25, -0.2) is 5.48 Å². The molecule has 1 saturated heterocycles. The predicted molar refractivity (Wildman–Crippen MR) is 87.5 cm³/mol. The summed E-state index contributed by atoms with van der Waals surface area (Å²) in [5, 5.41) is 8.44. The lowest BCUT2D eigenvalue weighted by atomic mass is 10.1. The monoisotopic (exact) mass is 317 g/mol. The van der Waals surface area contributed by atoms with Crippen LogP contribution in [0.4, 0.5) is 0 Å². The number of hydrogen-bond acceptors (Lipinski definition) is 4. The normalized spacial score (nSPS) is 22.3. The fraction of sp³-hybridized carbons (Fsp3) is 0.412. The Morgan fingerprint density at radius 1 is 1.26 bits per heavy atom. The van der Waals surface area contributed by atoms with Crippen molar-refractivity contribution >= 4 is 18.4 Å². The highest BCUT2D eigenvalue weighted by atomic mass is 16.5. The zero-order valence-corrected chi connectivity index (χ0v) is 13.5. The summed E-state index contributed by atoms with van der Waals surface area (Å²) in [5.74, 6) is -0.551. The van der Waals surface area contributed by atoms with E-state index < -0.39 is 5.91 Å². The van der Waals surface area contributed by atoms with Crippen LogP contribution in [0.2, 0.25) is 0 Å². The van der Waals surface area contributed by atoms with Gasteiger partial charge in [0.25, 0.3) is 5.91 Å². The lowest BCUT2D eigenvalue weighted by Gasteiger charge is -2.43. The van der Waals surface area contributed by atoms with Crippen LogP contribution in [0.25, 0.3) is 6.08 Å². The Bertz CT molecular complexity index is 559. The smallest absolute Gasteiger partial charge is 0.267 e. The number of piperazine rings is 1. The Hall–Kier alpha value is -2.18. The summed E-state index contributed by atoms with van der Waals surface area (Å²) in [6.45, 7) is 6.61. The first-order valence-corrected chi connectivity index (χ1v) is 7.69. The van der Waals surface area contributed by atoms with Crippen molar-refractivity contribution in [3.8, 4) is 0 Å². The van der Waals surface area contributed by atoms with Crippen molar-refractivity contribution in [2.75, 3.05) is 13.1 Å². The molecule has 1 aliphatic heterocycles. The fourth-order valence-corrected chi connectivity index (χ4v) is 2.95. The largest absolute Gasteiger partial charge is 0.342 e. The molecule has 1 aromatic carbocycles. The molecule has 2 rings (SSSR count). The minimum absolute atomic E-state index is 0.316. The van der Waals surface area contributed by atoms with E-state index in [2.05, 4.69) is 18.7 Å². The number of nitrogens with one attached hydrogen (secondary N) is 1. The van der Waals surface area contributed by atoms with E-state index in [1.54, 1.807) is 11.6 Å². The molecule has 0 saturated carbocycles. The summed E-state index contributed by atoms with van der Waals surface area (Å²) in [6.07, 6.45) is 3.84. The molecular weight excluding hydrogens is 294 g/mol. The molecule has 23 heavy (non-hydrogen) atoms. The number of hydrogen-bond donors (Lipinski definition) is 2. The molecule has 1 fully saturated rings. The van der Waals surface area contributed by atoms with Gasteiger partial charge in [-0.05, 0) is 31.1 Å². The standard InChI is InChI=1S/C17H23N3O3/c1-13-9-19(12-21)10-14(2)20(13)11-16-5-3-15(4-6-16)7-8-17(22)18-23/h3-8,12-14,23H,9-11H2,1-2H3,(H,18,22)/b8-7+. The second-order valence-electron chi connectivity index (χ2n) is 5.98. The molecule has 1 heterocycles. The molecule has 2 unspecified atom stereocenters. The van der Waals surface area contributed by atoms with Gasteiger partial charge in [-0.3, -0.25) is 19.7 Å². The Kier molecular flexibility index (Phi) is 5.90. The van der Waals surface area contributed by atoms with E-state index in [4.69, 9.17) is 5.21 Å².